The molecule has 0 saturated heterocycles. The van der Waals surface area contributed by atoms with Crippen LogP contribution in [0.2, 0.25) is 0 Å². The van der Waals surface area contributed by atoms with Crippen LogP contribution in [0.15, 0.2) is 6.07 Å². The maximum atomic E-state index is 5.52. The standard InChI is InChI=1S/C15H28N4O/c1-5-13-18-14(16-6-2)11-15(19-13)17-9-7-8-10-20-12(3)4/h11-12H,5-10H2,1-4H3,(H2,16,17,18,19). The second-order valence-corrected chi connectivity index (χ2v) is 4.99. The Morgan fingerprint density at radius 2 is 1.80 bits per heavy atom. The molecule has 0 saturated carbocycles. The van der Waals surface area contributed by atoms with E-state index in [1.807, 2.05) is 6.07 Å². The van der Waals surface area contributed by atoms with Crippen LogP contribution in [-0.4, -0.2) is 35.8 Å². The molecule has 0 atom stereocenters. The number of rotatable bonds is 10. The first-order chi connectivity index (χ1) is 9.65. The van der Waals surface area contributed by atoms with E-state index in [9.17, 15) is 0 Å². The van der Waals surface area contributed by atoms with Gasteiger partial charge in [0, 0.05) is 32.2 Å². The molecule has 5 nitrogen and oxygen atoms in total. The Hall–Kier alpha value is -1.36. The molecule has 1 aromatic heterocycles. The molecular formula is C15H28N4O. The van der Waals surface area contributed by atoms with E-state index in [4.69, 9.17) is 4.74 Å². The van der Waals surface area contributed by atoms with Crippen LogP contribution in [0.4, 0.5) is 11.6 Å². The van der Waals surface area contributed by atoms with Gasteiger partial charge in [0.2, 0.25) is 0 Å². The van der Waals surface area contributed by atoms with Gasteiger partial charge in [-0.15, -0.1) is 0 Å². The predicted octanol–water partition coefficient (Wildman–Crippen LogP) is 3.09. The van der Waals surface area contributed by atoms with Crippen LogP contribution in [0.1, 0.15) is 46.4 Å². The smallest absolute Gasteiger partial charge is 0.132 e. The number of aromatic nitrogens is 2. The lowest BCUT2D eigenvalue weighted by Crippen LogP contribution is -2.10. The van der Waals surface area contributed by atoms with Crippen molar-refractivity contribution in [3.63, 3.8) is 0 Å². The van der Waals surface area contributed by atoms with Gasteiger partial charge in [-0.25, -0.2) is 9.97 Å². The number of aryl methyl sites for hydroxylation is 1. The van der Waals surface area contributed by atoms with Crippen LogP contribution >= 0.6 is 0 Å². The maximum Gasteiger partial charge on any atom is 0.132 e. The van der Waals surface area contributed by atoms with Crippen LogP contribution in [0.5, 0.6) is 0 Å². The Morgan fingerprint density at radius 3 is 2.40 bits per heavy atom. The van der Waals surface area contributed by atoms with Crippen LogP contribution in [0.3, 0.4) is 0 Å². The van der Waals surface area contributed by atoms with Crippen LogP contribution in [0, 0.1) is 0 Å². The molecule has 0 aliphatic rings. The number of hydrogen-bond acceptors (Lipinski definition) is 5. The van der Waals surface area contributed by atoms with Crippen molar-refractivity contribution in [1.29, 1.82) is 0 Å². The van der Waals surface area contributed by atoms with Crippen molar-refractivity contribution in [3.8, 4) is 0 Å². The molecule has 0 spiro atoms. The largest absolute Gasteiger partial charge is 0.379 e. The Balaban J connectivity index is 2.36. The molecule has 20 heavy (non-hydrogen) atoms. The highest BCUT2D eigenvalue weighted by Gasteiger charge is 2.02. The number of nitrogens with one attached hydrogen (secondary N) is 2. The van der Waals surface area contributed by atoms with Gasteiger partial charge in [0.15, 0.2) is 0 Å². The van der Waals surface area contributed by atoms with Crippen molar-refractivity contribution < 1.29 is 4.74 Å². The molecule has 114 valence electrons. The van der Waals surface area contributed by atoms with E-state index in [1.165, 1.54) is 0 Å². The summed E-state index contributed by atoms with van der Waals surface area (Å²) < 4.78 is 5.52. The predicted molar refractivity (Wildman–Crippen MR) is 84.4 cm³/mol. The van der Waals surface area contributed by atoms with Gasteiger partial charge in [0.25, 0.3) is 0 Å². The highest BCUT2D eigenvalue weighted by atomic mass is 16.5. The summed E-state index contributed by atoms with van der Waals surface area (Å²) in [5.74, 6) is 2.66. The van der Waals surface area contributed by atoms with Gasteiger partial charge < -0.3 is 15.4 Å². The third-order valence-corrected chi connectivity index (χ3v) is 2.77. The second kappa shape index (κ2) is 9.53. The Morgan fingerprint density at radius 1 is 1.10 bits per heavy atom. The molecule has 0 radical (unpaired) electrons. The minimum atomic E-state index is 0.319. The Bertz CT molecular complexity index is 382. The van der Waals surface area contributed by atoms with Crippen LogP contribution in [-0.2, 0) is 11.2 Å². The molecular weight excluding hydrogens is 252 g/mol. The third kappa shape index (κ3) is 6.70. The molecule has 0 bridgehead atoms. The molecule has 1 rings (SSSR count). The molecule has 0 aliphatic carbocycles. The average molecular weight is 280 g/mol. The SMILES string of the molecule is CCNc1cc(NCCCCOC(C)C)nc(CC)n1. The van der Waals surface area contributed by atoms with Crippen molar-refractivity contribution in [3.05, 3.63) is 11.9 Å². The van der Waals surface area contributed by atoms with Gasteiger partial charge in [0.1, 0.15) is 17.5 Å². The molecule has 0 amide bonds. The minimum Gasteiger partial charge on any atom is -0.379 e. The van der Waals surface area contributed by atoms with E-state index < -0.39 is 0 Å². The lowest BCUT2D eigenvalue weighted by atomic mass is 10.3. The summed E-state index contributed by atoms with van der Waals surface area (Å²) in [5, 5.41) is 6.59. The zero-order valence-electron chi connectivity index (χ0n) is 13.2. The van der Waals surface area contributed by atoms with E-state index >= 15 is 0 Å². The summed E-state index contributed by atoms with van der Waals surface area (Å²) in [5.41, 5.74) is 0. The molecule has 5 heteroatoms. The number of hydrogen-bond donors (Lipinski definition) is 2. The topological polar surface area (TPSA) is 59.1 Å². The van der Waals surface area contributed by atoms with Crippen molar-refractivity contribution in [1.82, 2.24) is 9.97 Å². The van der Waals surface area contributed by atoms with E-state index in [0.29, 0.717) is 6.10 Å². The normalized spacial score (nSPS) is 10.8. The molecule has 1 aromatic rings. The van der Waals surface area contributed by atoms with Crippen molar-refractivity contribution >= 4 is 11.6 Å². The monoisotopic (exact) mass is 280 g/mol. The van der Waals surface area contributed by atoms with Gasteiger partial charge in [-0.05, 0) is 33.6 Å². The number of anilines is 2. The fourth-order valence-electron chi connectivity index (χ4n) is 1.78. The van der Waals surface area contributed by atoms with Crippen molar-refractivity contribution in [2.45, 2.75) is 53.1 Å². The summed E-state index contributed by atoms with van der Waals surface area (Å²) >= 11 is 0. The van der Waals surface area contributed by atoms with E-state index in [0.717, 1.165) is 56.4 Å². The number of unbranched alkanes of at least 4 members (excludes halogenated alkanes) is 1. The summed E-state index contributed by atoms with van der Waals surface area (Å²) in [6.07, 6.45) is 3.31. The van der Waals surface area contributed by atoms with E-state index in [-0.39, 0.29) is 0 Å². The van der Waals surface area contributed by atoms with Gasteiger partial charge >= 0.3 is 0 Å². The lowest BCUT2D eigenvalue weighted by molar-refractivity contribution is 0.0765. The zero-order valence-corrected chi connectivity index (χ0v) is 13.2. The first kappa shape index (κ1) is 16.7. The summed E-state index contributed by atoms with van der Waals surface area (Å²) in [6, 6.07) is 1.97. The summed E-state index contributed by atoms with van der Waals surface area (Å²) in [7, 11) is 0. The van der Waals surface area contributed by atoms with Crippen molar-refractivity contribution in [2.75, 3.05) is 30.3 Å². The molecule has 0 fully saturated rings. The quantitative estimate of drug-likeness (QED) is 0.645. The Kier molecular flexibility index (Phi) is 7.95. The fraction of sp³-hybridized carbons (Fsp3) is 0.733. The number of ether oxygens (including phenoxy) is 1. The second-order valence-electron chi connectivity index (χ2n) is 4.99. The zero-order chi connectivity index (χ0) is 14.8. The van der Waals surface area contributed by atoms with E-state index in [2.05, 4.69) is 48.3 Å². The molecule has 2 N–H and O–H groups in total. The van der Waals surface area contributed by atoms with E-state index in [1.54, 1.807) is 0 Å². The molecule has 1 heterocycles. The van der Waals surface area contributed by atoms with Crippen LogP contribution in [0.25, 0.3) is 0 Å². The van der Waals surface area contributed by atoms with Gasteiger partial charge in [-0.1, -0.05) is 6.92 Å². The first-order valence-electron chi connectivity index (χ1n) is 7.63. The fourth-order valence-corrected chi connectivity index (χ4v) is 1.78. The summed E-state index contributed by atoms with van der Waals surface area (Å²) in [6.45, 7) is 10.9. The highest BCUT2D eigenvalue weighted by molar-refractivity contribution is 5.47. The highest BCUT2D eigenvalue weighted by Crippen LogP contribution is 2.11. The van der Waals surface area contributed by atoms with Gasteiger partial charge in [0.05, 0.1) is 6.10 Å². The number of nitrogens with zero attached hydrogens (tertiary/aromatic N) is 2. The molecule has 0 aromatic carbocycles. The van der Waals surface area contributed by atoms with Gasteiger partial charge in [-0.3, -0.25) is 0 Å². The average Bonchev–Trinajstić information content (AvgIpc) is 2.42. The third-order valence-electron chi connectivity index (χ3n) is 2.77. The first-order valence-corrected chi connectivity index (χ1v) is 7.63. The van der Waals surface area contributed by atoms with Crippen LogP contribution < -0.4 is 10.6 Å². The van der Waals surface area contributed by atoms with Crippen molar-refractivity contribution in [2.24, 2.45) is 0 Å². The Labute approximate surface area is 122 Å². The minimum absolute atomic E-state index is 0.319. The maximum absolute atomic E-state index is 5.52. The molecule has 0 unspecified atom stereocenters. The molecule has 0 aliphatic heterocycles. The lowest BCUT2D eigenvalue weighted by Gasteiger charge is -2.10. The van der Waals surface area contributed by atoms with Gasteiger partial charge in [-0.2, -0.15) is 0 Å². The summed E-state index contributed by atoms with van der Waals surface area (Å²) in [4.78, 5) is 8.92.